The van der Waals surface area contributed by atoms with Gasteiger partial charge in [0.1, 0.15) is 0 Å². The highest BCUT2D eigenvalue weighted by Crippen LogP contribution is 2.24. The van der Waals surface area contributed by atoms with Crippen LogP contribution in [0.5, 0.6) is 0 Å². The number of aromatic amines is 1. The minimum atomic E-state index is -0.317. The van der Waals surface area contributed by atoms with Gasteiger partial charge in [0.25, 0.3) is 0 Å². The van der Waals surface area contributed by atoms with Gasteiger partial charge >= 0.3 is 0 Å². The third kappa shape index (κ3) is 1.31. The molecule has 4 N–H and O–H groups in total. The zero-order chi connectivity index (χ0) is 10.1. The van der Waals surface area contributed by atoms with Gasteiger partial charge in [0, 0.05) is 16.6 Å². The van der Waals surface area contributed by atoms with E-state index < -0.39 is 0 Å². The topological polar surface area (TPSA) is 62.0 Å². The Kier molecular flexibility index (Phi) is 2.27. The second-order valence-electron chi connectivity index (χ2n) is 3.50. The number of hydrogen-bond donors (Lipinski definition) is 3. The van der Waals surface area contributed by atoms with Crippen LogP contribution < -0.4 is 5.73 Å². The van der Waals surface area contributed by atoms with Gasteiger partial charge in [0.15, 0.2) is 0 Å². The minimum absolute atomic E-state index is 0.0341. The van der Waals surface area contributed by atoms with Crippen molar-refractivity contribution >= 4 is 10.9 Å². The molecule has 3 heteroatoms. The Morgan fingerprint density at radius 2 is 2.14 bits per heavy atom. The predicted molar refractivity (Wildman–Crippen MR) is 57.0 cm³/mol. The number of para-hydroxylation sites is 1. The molecule has 0 amide bonds. The van der Waals surface area contributed by atoms with Crippen LogP contribution in [0.15, 0.2) is 24.3 Å². The molecule has 0 saturated carbocycles. The quantitative estimate of drug-likeness (QED) is 0.671. The zero-order valence-corrected chi connectivity index (χ0v) is 8.12. The number of aryl methyl sites for hydroxylation is 1. The van der Waals surface area contributed by atoms with Gasteiger partial charge < -0.3 is 15.8 Å². The molecule has 0 bridgehead atoms. The highest BCUT2D eigenvalue weighted by molar-refractivity contribution is 5.84. The SMILES string of the molecule is Cc1c([C@H](N)CO)[nH]c2ccccc12. The van der Waals surface area contributed by atoms with E-state index in [-0.39, 0.29) is 12.6 Å². The third-order valence-electron chi connectivity index (χ3n) is 2.57. The summed E-state index contributed by atoms with van der Waals surface area (Å²) in [5.41, 5.74) is 8.90. The van der Waals surface area contributed by atoms with Crippen molar-refractivity contribution in [3.05, 3.63) is 35.5 Å². The van der Waals surface area contributed by atoms with E-state index in [9.17, 15) is 0 Å². The second kappa shape index (κ2) is 3.44. The van der Waals surface area contributed by atoms with Crippen molar-refractivity contribution in [3.8, 4) is 0 Å². The molecule has 14 heavy (non-hydrogen) atoms. The Labute approximate surface area is 82.6 Å². The second-order valence-corrected chi connectivity index (χ2v) is 3.50. The van der Waals surface area contributed by atoms with Gasteiger partial charge in [-0.15, -0.1) is 0 Å². The molecular weight excluding hydrogens is 176 g/mol. The first kappa shape index (κ1) is 9.24. The molecule has 2 aromatic rings. The highest BCUT2D eigenvalue weighted by Gasteiger charge is 2.12. The molecule has 2 rings (SSSR count). The molecule has 1 heterocycles. The minimum Gasteiger partial charge on any atom is -0.394 e. The van der Waals surface area contributed by atoms with Crippen LogP contribution in [0.25, 0.3) is 10.9 Å². The number of rotatable bonds is 2. The first-order chi connectivity index (χ1) is 6.74. The molecule has 0 aliphatic carbocycles. The lowest BCUT2D eigenvalue weighted by Crippen LogP contribution is -2.15. The predicted octanol–water partition coefficient (Wildman–Crippen LogP) is 1.47. The molecule has 0 aliphatic heterocycles. The van der Waals surface area contributed by atoms with Crippen LogP contribution in [0.1, 0.15) is 17.3 Å². The summed E-state index contributed by atoms with van der Waals surface area (Å²) in [6, 6.07) is 7.72. The average molecular weight is 190 g/mol. The Bertz CT molecular complexity index is 447. The van der Waals surface area contributed by atoms with Gasteiger partial charge in [-0.05, 0) is 18.6 Å². The molecule has 0 radical (unpaired) electrons. The van der Waals surface area contributed by atoms with Gasteiger partial charge in [-0.1, -0.05) is 18.2 Å². The molecule has 0 unspecified atom stereocenters. The highest BCUT2D eigenvalue weighted by atomic mass is 16.3. The van der Waals surface area contributed by atoms with Gasteiger partial charge in [0.05, 0.1) is 12.6 Å². The van der Waals surface area contributed by atoms with Gasteiger partial charge in [0.2, 0.25) is 0 Å². The Morgan fingerprint density at radius 3 is 2.79 bits per heavy atom. The Hall–Kier alpha value is -1.32. The summed E-state index contributed by atoms with van der Waals surface area (Å²) >= 11 is 0. The van der Waals surface area contributed by atoms with Crippen LogP contribution in [-0.2, 0) is 0 Å². The number of fused-ring (bicyclic) bond motifs is 1. The lowest BCUT2D eigenvalue weighted by Gasteiger charge is -2.06. The lowest BCUT2D eigenvalue weighted by atomic mass is 10.1. The van der Waals surface area contributed by atoms with Crippen LogP contribution in [0.3, 0.4) is 0 Å². The van der Waals surface area contributed by atoms with E-state index in [1.165, 1.54) is 5.39 Å². The van der Waals surface area contributed by atoms with Crippen LogP contribution >= 0.6 is 0 Å². The monoisotopic (exact) mass is 190 g/mol. The number of aliphatic hydroxyl groups excluding tert-OH is 1. The maximum Gasteiger partial charge on any atom is 0.0685 e. The number of benzene rings is 1. The van der Waals surface area contributed by atoms with Crippen LogP contribution in [0.4, 0.5) is 0 Å². The molecular formula is C11H14N2O. The van der Waals surface area contributed by atoms with Crippen molar-refractivity contribution in [2.45, 2.75) is 13.0 Å². The molecule has 0 fully saturated rings. The van der Waals surface area contributed by atoms with E-state index in [4.69, 9.17) is 10.8 Å². The van der Waals surface area contributed by atoms with E-state index in [0.717, 1.165) is 16.8 Å². The summed E-state index contributed by atoms with van der Waals surface area (Å²) in [7, 11) is 0. The number of hydrogen-bond acceptors (Lipinski definition) is 2. The van der Waals surface area contributed by atoms with Crippen LogP contribution in [-0.4, -0.2) is 16.7 Å². The Balaban J connectivity index is 2.62. The van der Waals surface area contributed by atoms with E-state index in [0.29, 0.717) is 0 Å². The van der Waals surface area contributed by atoms with E-state index in [2.05, 4.69) is 11.1 Å². The third-order valence-corrected chi connectivity index (χ3v) is 2.57. The fraction of sp³-hybridized carbons (Fsp3) is 0.273. The lowest BCUT2D eigenvalue weighted by molar-refractivity contribution is 0.266. The van der Waals surface area contributed by atoms with Gasteiger partial charge in [-0.25, -0.2) is 0 Å². The van der Waals surface area contributed by atoms with Gasteiger partial charge in [-0.2, -0.15) is 0 Å². The number of aliphatic hydroxyl groups is 1. The van der Waals surface area contributed by atoms with E-state index >= 15 is 0 Å². The van der Waals surface area contributed by atoms with E-state index in [1.807, 2.05) is 25.1 Å². The first-order valence-electron chi connectivity index (χ1n) is 4.67. The summed E-state index contributed by atoms with van der Waals surface area (Å²) < 4.78 is 0. The summed E-state index contributed by atoms with van der Waals surface area (Å²) in [5.74, 6) is 0. The van der Waals surface area contributed by atoms with Crippen LogP contribution in [0.2, 0.25) is 0 Å². The normalized spacial score (nSPS) is 13.4. The maximum absolute atomic E-state index is 8.99. The summed E-state index contributed by atoms with van der Waals surface area (Å²) in [6.07, 6.45) is 0. The van der Waals surface area contributed by atoms with E-state index in [1.54, 1.807) is 0 Å². The summed E-state index contributed by atoms with van der Waals surface area (Å²) in [5, 5.41) is 10.2. The van der Waals surface area contributed by atoms with Crippen molar-refractivity contribution in [3.63, 3.8) is 0 Å². The van der Waals surface area contributed by atoms with Gasteiger partial charge in [-0.3, -0.25) is 0 Å². The number of nitrogens with one attached hydrogen (secondary N) is 1. The summed E-state index contributed by atoms with van der Waals surface area (Å²) in [6.45, 7) is 1.98. The van der Waals surface area contributed by atoms with Crippen molar-refractivity contribution < 1.29 is 5.11 Å². The smallest absolute Gasteiger partial charge is 0.0685 e. The maximum atomic E-state index is 8.99. The van der Waals surface area contributed by atoms with Crippen LogP contribution in [0, 0.1) is 6.92 Å². The summed E-state index contributed by atoms with van der Waals surface area (Å²) in [4.78, 5) is 3.23. The molecule has 74 valence electrons. The molecule has 1 aromatic heterocycles. The molecule has 1 atom stereocenters. The number of H-pyrrole nitrogens is 1. The first-order valence-corrected chi connectivity index (χ1v) is 4.67. The molecule has 3 nitrogen and oxygen atoms in total. The molecule has 0 spiro atoms. The number of aromatic nitrogens is 1. The zero-order valence-electron chi connectivity index (χ0n) is 8.12. The molecule has 1 aromatic carbocycles. The molecule has 0 aliphatic rings. The van der Waals surface area contributed by atoms with Crippen molar-refractivity contribution in [1.82, 2.24) is 4.98 Å². The van der Waals surface area contributed by atoms with Crippen molar-refractivity contribution in [2.75, 3.05) is 6.61 Å². The fourth-order valence-electron chi connectivity index (χ4n) is 1.77. The van der Waals surface area contributed by atoms with Crippen molar-refractivity contribution in [1.29, 1.82) is 0 Å². The van der Waals surface area contributed by atoms with Crippen molar-refractivity contribution in [2.24, 2.45) is 5.73 Å². The molecule has 0 saturated heterocycles. The number of nitrogens with two attached hydrogens (primary N) is 1. The Morgan fingerprint density at radius 1 is 1.43 bits per heavy atom. The average Bonchev–Trinajstić information content (AvgIpc) is 2.56. The standard InChI is InChI=1S/C11H14N2O/c1-7-8-4-2-3-5-10(8)13-11(7)9(12)6-14/h2-5,9,13-14H,6,12H2,1H3/t9-/m1/s1. The largest absolute Gasteiger partial charge is 0.394 e. The fourth-order valence-corrected chi connectivity index (χ4v) is 1.77.